The standard InChI is InChI=1S/C20H21N5O3/c26-18-8-12(20-25-21-11-27-20)4-5-16(18)17-6-7-19(24-23-17)28-15-9-13-2-1-3-14(10-15)22-13/h4-8,11,13-15,22,26H,1-3,9-10H2. The Bertz CT molecular complexity index is 933. The molecule has 8 nitrogen and oxygen atoms in total. The molecular formula is C20H21N5O3. The highest BCUT2D eigenvalue weighted by atomic mass is 16.5. The molecule has 0 amide bonds. The van der Waals surface area contributed by atoms with Crippen LogP contribution in [0.15, 0.2) is 41.1 Å². The summed E-state index contributed by atoms with van der Waals surface area (Å²) in [7, 11) is 0. The fourth-order valence-corrected chi connectivity index (χ4v) is 4.19. The van der Waals surface area contributed by atoms with E-state index in [-0.39, 0.29) is 11.9 Å². The fraction of sp³-hybridized carbons (Fsp3) is 0.400. The van der Waals surface area contributed by atoms with Crippen LogP contribution in [-0.4, -0.2) is 43.7 Å². The molecule has 2 unspecified atom stereocenters. The van der Waals surface area contributed by atoms with Crippen molar-refractivity contribution in [1.82, 2.24) is 25.7 Å². The Balaban J connectivity index is 1.30. The van der Waals surface area contributed by atoms with Crippen LogP contribution in [0.25, 0.3) is 22.7 Å². The van der Waals surface area contributed by atoms with Gasteiger partial charge >= 0.3 is 0 Å². The van der Waals surface area contributed by atoms with E-state index in [9.17, 15) is 5.11 Å². The molecular weight excluding hydrogens is 358 g/mol. The lowest BCUT2D eigenvalue weighted by molar-refractivity contribution is 0.0881. The number of hydrogen-bond acceptors (Lipinski definition) is 8. The first-order valence-electron chi connectivity index (χ1n) is 9.61. The van der Waals surface area contributed by atoms with Gasteiger partial charge in [-0.25, -0.2) is 0 Å². The Morgan fingerprint density at radius 2 is 1.89 bits per heavy atom. The molecule has 0 aliphatic carbocycles. The van der Waals surface area contributed by atoms with Crippen molar-refractivity contribution in [2.75, 3.05) is 0 Å². The highest BCUT2D eigenvalue weighted by Gasteiger charge is 2.32. The Morgan fingerprint density at radius 3 is 2.57 bits per heavy atom. The molecule has 2 atom stereocenters. The average molecular weight is 379 g/mol. The van der Waals surface area contributed by atoms with Crippen molar-refractivity contribution in [3.05, 3.63) is 36.7 Å². The van der Waals surface area contributed by atoms with Crippen molar-refractivity contribution in [3.63, 3.8) is 0 Å². The number of aromatic hydroxyl groups is 1. The SMILES string of the molecule is Oc1cc(-c2nnco2)ccc1-c1ccc(OC2CC3CCCC(C2)N3)nn1. The number of aromatic nitrogens is 4. The Labute approximate surface area is 162 Å². The lowest BCUT2D eigenvalue weighted by Crippen LogP contribution is -2.51. The van der Waals surface area contributed by atoms with Crippen molar-refractivity contribution in [3.8, 4) is 34.3 Å². The number of fused-ring (bicyclic) bond motifs is 2. The minimum absolute atomic E-state index is 0.0739. The van der Waals surface area contributed by atoms with Gasteiger partial charge in [0.1, 0.15) is 11.9 Å². The molecule has 2 aromatic heterocycles. The molecule has 2 aliphatic rings. The summed E-state index contributed by atoms with van der Waals surface area (Å²) in [6.07, 6.45) is 7.20. The zero-order valence-electron chi connectivity index (χ0n) is 15.3. The van der Waals surface area contributed by atoms with Gasteiger partial charge in [-0.1, -0.05) is 6.42 Å². The summed E-state index contributed by atoms with van der Waals surface area (Å²) in [5.41, 5.74) is 1.80. The molecule has 1 aromatic carbocycles. The molecule has 144 valence electrons. The first kappa shape index (κ1) is 17.1. The van der Waals surface area contributed by atoms with Gasteiger partial charge in [-0.05, 0) is 49.9 Å². The van der Waals surface area contributed by atoms with Crippen molar-refractivity contribution in [2.24, 2.45) is 0 Å². The largest absolute Gasteiger partial charge is 0.507 e. The quantitative estimate of drug-likeness (QED) is 0.713. The van der Waals surface area contributed by atoms with Gasteiger partial charge < -0.3 is 19.6 Å². The predicted octanol–water partition coefficient (Wildman–Crippen LogP) is 2.95. The number of nitrogens with zero attached hydrogens (tertiary/aromatic N) is 4. The number of ether oxygens (including phenoxy) is 1. The highest BCUT2D eigenvalue weighted by molar-refractivity contribution is 5.71. The van der Waals surface area contributed by atoms with Gasteiger partial charge in [0, 0.05) is 29.3 Å². The summed E-state index contributed by atoms with van der Waals surface area (Å²) in [5.74, 6) is 0.948. The van der Waals surface area contributed by atoms with Crippen LogP contribution in [0, 0.1) is 0 Å². The highest BCUT2D eigenvalue weighted by Crippen LogP contribution is 2.32. The summed E-state index contributed by atoms with van der Waals surface area (Å²) in [5, 5.41) is 30.0. The van der Waals surface area contributed by atoms with Gasteiger partial charge in [-0.2, -0.15) is 0 Å². The Morgan fingerprint density at radius 1 is 1.04 bits per heavy atom. The zero-order valence-corrected chi connectivity index (χ0v) is 15.3. The van der Waals surface area contributed by atoms with Gasteiger partial charge in [0.2, 0.25) is 18.2 Å². The summed E-state index contributed by atoms with van der Waals surface area (Å²) >= 11 is 0. The monoisotopic (exact) mass is 379 g/mol. The summed E-state index contributed by atoms with van der Waals surface area (Å²) in [6, 6.07) is 9.86. The summed E-state index contributed by atoms with van der Waals surface area (Å²) in [4.78, 5) is 0. The number of rotatable bonds is 4. The Kier molecular flexibility index (Phi) is 4.40. The first-order valence-corrected chi connectivity index (χ1v) is 9.61. The third-order valence-corrected chi connectivity index (χ3v) is 5.48. The minimum atomic E-state index is 0.0739. The summed E-state index contributed by atoms with van der Waals surface area (Å²) < 4.78 is 11.2. The van der Waals surface area contributed by atoms with Gasteiger partial charge in [0.25, 0.3) is 0 Å². The molecule has 5 rings (SSSR count). The van der Waals surface area contributed by atoms with Gasteiger partial charge in [-0.15, -0.1) is 20.4 Å². The third kappa shape index (κ3) is 3.43. The van der Waals surface area contributed by atoms with Gasteiger partial charge in [0.15, 0.2) is 0 Å². The average Bonchev–Trinajstić information content (AvgIpc) is 3.23. The molecule has 0 spiro atoms. The van der Waals surface area contributed by atoms with E-state index < -0.39 is 0 Å². The van der Waals surface area contributed by atoms with Gasteiger partial charge in [0.05, 0.1) is 5.69 Å². The second-order valence-electron chi connectivity index (χ2n) is 7.44. The van der Waals surface area contributed by atoms with Crippen LogP contribution in [-0.2, 0) is 0 Å². The maximum atomic E-state index is 10.4. The summed E-state index contributed by atoms with van der Waals surface area (Å²) in [6.45, 7) is 0. The normalized spacial score (nSPS) is 24.1. The number of nitrogens with one attached hydrogen (secondary N) is 1. The lowest BCUT2D eigenvalue weighted by atomic mass is 9.85. The zero-order chi connectivity index (χ0) is 18.9. The van der Waals surface area contributed by atoms with Crippen LogP contribution in [0.4, 0.5) is 0 Å². The minimum Gasteiger partial charge on any atom is -0.507 e. The van der Waals surface area contributed by atoms with E-state index >= 15 is 0 Å². The van der Waals surface area contributed by atoms with E-state index in [1.807, 2.05) is 12.1 Å². The number of piperidine rings is 2. The second kappa shape index (κ2) is 7.20. The molecule has 2 bridgehead atoms. The van der Waals surface area contributed by atoms with Crippen LogP contribution < -0.4 is 10.1 Å². The van der Waals surface area contributed by atoms with Crippen molar-refractivity contribution < 1.29 is 14.3 Å². The molecule has 2 saturated heterocycles. The van der Waals surface area contributed by atoms with E-state index in [2.05, 4.69) is 25.7 Å². The number of hydrogen-bond donors (Lipinski definition) is 2. The molecule has 2 N–H and O–H groups in total. The molecule has 2 aliphatic heterocycles. The van der Waals surface area contributed by atoms with Crippen molar-refractivity contribution in [2.45, 2.75) is 50.3 Å². The van der Waals surface area contributed by atoms with Crippen LogP contribution in [0.5, 0.6) is 11.6 Å². The molecule has 28 heavy (non-hydrogen) atoms. The van der Waals surface area contributed by atoms with Crippen molar-refractivity contribution >= 4 is 0 Å². The van der Waals surface area contributed by atoms with Crippen LogP contribution in [0.1, 0.15) is 32.1 Å². The molecule has 8 heteroatoms. The van der Waals surface area contributed by atoms with E-state index in [0.717, 1.165) is 12.8 Å². The van der Waals surface area contributed by atoms with E-state index in [4.69, 9.17) is 9.15 Å². The topological polar surface area (TPSA) is 106 Å². The maximum absolute atomic E-state index is 10.4. The van der Waals surface area contributed by atoms with E-state index in [1.165, 1.54) is 25.7 Å². The number of phenols is 1. The number of phenolic OH excluding ortho intramolecular Hbond substituents is 1. The number of benzene rings is 1. The smallest absolute Gasteiger partial charge is 0.247 e. The van der Waals surface area contributed by atoms with Gasteiger partial charge in [-0.3, -0.25) is 0 Å². The van der Waals surface area contributed by atoms with E-state index in [0.29, 0.717) is 40.7 Å². The third-order valence-electron chi connectivity index (χ3n) is 5.48. The molecule has 0 saturated carbocycles. The Hall–Kier alpha value is -3.00. The van der Waals surface area contributed by atoms with Crippen LogP contribution >= 0.6 is 0 Å². The molecule has 0 radical (unpaired) electrons. The second-order valence-corrected chi connectivity index (χ2v) is 7.44. The molecule has 3 aromatic rings. The maximum Gasteiger partial charge on any atom is 0.247 e. The fourth-order valence-electron chi connectivity index (χ4n) is 4.19. The predicted molar refractivity (Wildman–Crippen MR) is 101 cm³/mol. The lowest BCUT2D eigenvalue weighted by Gasteiger charge is -2.39. The van der Waals surface area contributed by atoms with Crippen molar-refractivity contribution in [1.29, 1.82) is 0 Å². The first-order chi connectivity index (χ1) is 13.7. The van der Waals surface area contributed by atoms with E-state index in [1.54, 1.807) is 18.2 Å². The van der Waals surface area contributed by atoms with Crippen LogP contribution in [0.3, 0.4) is 0 Å². The van der Waals surface area contributed by atoms with Crippen LogP contribution in [0.2, 0.25) is 0 Å². The molecule has 2 fully saturated rings. The molecule has 4 heterocycles.